The molecule has 1 N–H and O–H groups in total. The van der Waals surface area contributed by atoms with Crippen LogP contribution in [0.2, 0.25) is 0 Å². The molecule has 2 aliphatic rings. The van der Waals surface area contributed by atoms with Gasteiger partial charge in [0.1, 0.15) is 0 Å². The van der Waals surface area contributed by atoms with Gasteiger partial charge in [-0.25, -0.2) is 8.42 Å². The molecule has 1 aliphatic heterocycles. The van der Waals surface area contributed by atoms with Gasteiger partial charge in [0.15, 0.2) is 11.9 Å². The van der Waals surface area contributed by atoms with Gasteiger partial charge in [-0.1, -0.05) is 12.1 Å². The number of amides is 1. The quantitative estimate of drug-likeness (QED) is 0.527. The molecule has 1 saturated heterocycles. The van der Waals surface area contributed by atoms with Crippen LogP contribution < -0.4 is 5.32 Å². The molecule has 3 rings (SSSR count). The van der Waals surface area contributed by atoms with E-state index < -0.39 is 28.0 Å². The number of Topliss-reactive ketones (excluding diaryl/α,β-unsaturated/α-hetero) is 1. The molecule has 0 spiro atoms. The van der Waals surface area contributed by atoms with E-state index in [4.69, 9.17) is 4.74 Å². The summed E-state index contributed by atoms with van der Waals surface area (Å²) in [6.07, 6.45) is 1.72. The molecule has 1 atom stereocenters. The minimum Gasteiger partial charge on any atom is -0.452 e. The van der Waals surface area contributed by atoms with Crippen LogP contribution in [-0.4, -0.2) is 55.6 Å². The highest BCUT2D eigenvalue weighted by atomic mass is 32.2. The molecule has 29 heavy (non-hydrogen) atoms. The van der Waals surface area contributed by atoms with Crippen LogP contribution in [0.15, 0.2) is 29.2 Å². The molecule has 1 saturated carbocycles. The van der Waals surface area contributed by atoms with E-state index in [0.717, 1.165) is 12.8 Å². The molecule has 1 aromatic carbocycles. The van der Waals surface area contributed by atoms with Crippen molar-refractivity contribution >= 4 is 27.7 Å². The predicted octanol–water partition coefficient (Wildman–Crippen LogP) is 1.50. The van der Waals surface area contributed by atoms with Gasteiger partial charge in [-0.3, -0.25) is 14.4 Å². The van der Waals surface area contributed by atoms with Crippen LogP contribution in [0.25, 0.3) is 0 Å². The lowest BCUT2D eigenvalue weighted by molar-refractivity contribution is -0.159. The van der Waals surface area contributed by atoms with E-state index in [1.165, 1.54) is 35.5 Å². The minimum atomic E-state index is -3.69. The molecular formula is C20H26N2O6S. The van der Waals surface area contributed by atoms with Crippen LogP contribution in [-0.2, 0) is 24.3 Å². The summed E-state index contributed by atoms with van der Waals surface area (Å²) in [6, 6.07) is 6.03. The number of sulfonamides is 1. The van der Waals surface area contributed by atoms with E-state index >= 15 is 0 Å². The van der Waals surface area contributed by atoms with Gasteiger partial charge < -0.3 is 10.1 Å². The summed E-state index contributed by atoms with van der Waals surface area (Å²) in [6.45, 7) is 3.35. The van der Waals surface area contributed by atoms with Gasteiger partial charge >= 0.3 is 5.97 Å². The second-order valence-electron chi connectivity index (χ2n) is 7.62. The van der Waals surface area contributed by atoms with E-state index in [9.17, 15) is 22.8 Å². The lowest BCUT2D eigenvalue weighted by Crippen LogP contribution is -2.42. The first-order valence-electron chi connectivity index (χ1n) is 9.80. The van der Waals surface area contributed by atoms with Crippen molar-refractivity contribution in [3.05, 3.63) is 29.8 Å². The molecule has 8 nitrogen and oxygen atoms in total. The van der Waals surface area contributed by atoms with Crippen molar-refractivity contribution in [1.82, 2.24) is 9.62 Å². The second-order valence-corrected chi connectivity index (χ2v) is 9.56. The smallest absolute Gasteiger partial charge is 0.309 e. The maximum Gasteiger partial charge on any atom is 0.309 e. The topological polar surface area (TPSA) is 110 Å². The zero-order chi connectivity index (χ0) is 21.2. The van der Waals surface area contributed by atoms with Crippen molar-refractivity contribution in [2.75, 3.05) is 13.1 Å². The first-order valence-corrected chi connectivity index (χ1v) is 11.2. The van der Waals surface area contributed by atoms with Crippen molar-refractivity contribution in [3.8, 4) is 0 Å². The van der Waals surface area contributed by atoms with E-state index in [1.807, 2.05) is 0 Å². The molecule has 1 amide bonds. The molecule has 0 radical (unpaired) electrons. The summed E-state index contributed by atoms with van der Waals surface area (Å²) in [4.78, 5) is 35.7. The maximum absolute atomic E-state index is 12.8. The van der Waals surface area contributed by atoms with Crippen molar-refractivity contribution in [3.63, 3.8) is 0 Å². The molecule has 0 bridgehead atoms. The van der Waals surface area contributed by atoms with E-state index in [-0.39, 0.29) is 35.7 Å². The van der Waals surface area contributed by atoms with Gasteiger partial charge in [-0.2, -0.15) is 4.31 Å². The Morgan fingerprint density at radius 3 is 2.17 bits per heavy atom. The van der Waals surface area contributed by atoms with Gasteiger partial charge in [0, 0.05) is 24.7 Å². The van der Waals surface area contributed by atoms with Crippen LogP contribution in [0.1, 0.15) is 49.9 Å². The van der Waals surface area contributed by atoms with Crippen molar-refractivity contribution in [2.45, 2.75) is 56.6 Å². The van der Waals surface area contributed by atoms with Crippen LogP contribution in [0.4, 0.5) is 0 Å². The Morgan fingerprint density at radius 2 is 1.66 bits per heavy atom. The Kier molecular flexibility index (Phi) is 6.38. The van der Waals surface area contributed by atoms with Crippen molar-refractivity contribution in [1.29, 1.82) is 0 Å². The number of ether oxygens (including phenoxy) is 1. The van der Waals surface area contributed by atoms with Crippen LogP contribution in [0.5, 0.6) is 0 Å². The van der Waals surface area contributed by atoms with Crippen molar-refractivity contribution in [2.24, 2.45) is 5.92 Å². The minimum absolute atomic E-state index is 0.119. The number of benzene rings is 1. The monoisotopic (exact) mass is 422 g/mol. The van der Waals surface area contributed by atoms with Crippen LogP contribution >= 0.6 is 0 Å². The van der Waals surface area contributed by atoms with Gasteiger partial charge in [-0.05, 0) is 51.7 Å². The largest absolute Gasteiger partial charge is 0.452 e. The lowest BCUT2D eigenvalue weighted by Gasteiger charge is -2.30. The average Bonchev–Trinajstić information content (AvgIpc) is 3.52. The maximum atomic E-state index is 12.8. The molecule has 1 aromatic rings. The molecule has 1 heterocycles. The number of piperidine rings is 1. The number of hydrogen-bond acceptors (Lipinski definition) is 6. The Bertz CT molecular complexity index is 884. The number of esters is 1. The highest BCUT2D eigenvalue weighted by molar-refractivity contribution is 7.89. The molecule has 2 fully saturated rings. The first kappa shape index (κ1) is 21.4. The summed E-state index contributed by atoms with van der Waals surface area (Å²) in [7, 11) is -3.69. The van der Waals surface area contributed by atoms with Crippen LogP contribution in [0, 0.1) is 5.92 Å². The third-order valence-electron chi connectivity index (χ3n) is 5.27. The number of hydrogen-bond donors (Lipinski definition) is 1. The highest BCUT2D eigenvalue weighted by Crippen LogP contribution is 2.25. The number of rotatable bonds is 7. The number of ketones is 1. The first-order chi connectivity index (χ1) is 13.7. The lowest BCUT2D eigenvalue weighted by atomic mass is 9.98. The van der Waals surface area contributed by atoms with Gasteiger partial charge in [0.25, 0.3) is 5.91 Å². The predicted molar refractivity (Wildman–Crippen MR) is 105 cm³/mol. The average molecular weight is 423 g/mol. The summed E-state index contributed by atoms with van der Waals surface area (Å²) in [5, 5.41) is 2.79. The zero-order valence-electron chi connectivity index (χ0n) is 16.6. The molecule has 0 aromatic heterocycles. The SMILES string of the molecule is CC(=O)c1ccc(S(=O)(=O)N2CCC(C(=O)OC(C)C(=O)NC3CC3)CC2)cc1. The Hall–Kier alpha value is -2.26. The number of carbonyl (C=O) groups is 3. The Balaban J connectivity index is 1.54. The molecule has 9 heteroatoms. The van der Waals surface area contributed by atoms with E-state index in [0.29, 0.717) is 18.4 Å². The number of nitrogens with one attached hydrogen (secondary N) is 1. The summed E-state index contributed by atoms with van der Waals surface area (Å²) >= 11 is 0. The molecule has 1 unspecified atom stereocenters. The Labute approximate surface area is 170 Å². The van der Waals surface area contributed by atoms with Gasteiger partial charge in [0.05, 0.1) is 10.8 Å². The summed E-state index contributed by atoms with van der Waals surface area (Å²) < 4.78 is 32.2. The third kappa shape index (κ3) is 5.22. The Morgan fingerprint density at radius 1 is 1.07 bits per heavy atom. The fourth-order valence-corrected chi connectivity index (χ4v) is 4.68. The third-order valence-corrected chi connectivity index (χ3v) is 7.18. The zero-order valence-corrected chi connectivity index (χ0v) is 17.4. The fraction of sp³-hybridized carbons (Fsp3) is 0.550. The molecule has 158 valence electrons. The normalized spacial score (nSPS) is 19.4. The number of nitrogens with zero attached hydrogens (tertiary/aromatic N) is 1. The van der Waals surface area contributed by atoms with Crippen LogP contribution in [0.3, 0.4) is 0 Å². The van der Waals surface area contributed by atoms with E-state index in [1.54, 1.807) is 6.92 Å². The second kappa shape index (κ2) is 8.62. The molecular weight excluding hydrogens is 396 g/mol. The highest BCUT2D eigenvalue weighted by Gasteiger charge is 2.34. The van der Waals surface area contributed by atoms with Crippen molar-refractivity contribution < 1.29 is 27.5 Å². The summed E-state index contributed by atoms with van der Waals surface area (Å²) in [5.74, 6) is -1.33. The molecule has 1 aliphatic carbocycles. The standard InChI is InChI=1S/C20H26N2O6S/c1-13(23)15-3-7-18(8-4-15)29(26,27)22-11-9-16(10-12-22)20(25)28-14(2)19(24)21-17-5-6-17/h3-4,7-8,14,16-17H,5-6,9-12H2,1-2H3,(H,21,24). The summed E-state index contributed by atoms with van der Waals surface area (Å²) in [5.41, 5.74) is 0.449. The van der Waals surface area contributed by atoms with E-state index in [2.05, 4.69) is 5.32 Å². The number of carbonyl (C=O) groups excluding carboxylic acids is 3. The van der Waals surface area contributed by atoms with Gasteiger partial charge in [-0.15, -0.1) is 0 Å². The van der Waals surface area contributed by atoms with Gasteiger partial charge in [0.2, 0.25) is 10.0 Å². The fourth-order valence-electron chi connectivity index (χ4n) is 3.21.